The number of carbonyl (C=O) groups is 1. The van der Waals surface area contributed by atoms with Gasteiger partial charge in [0.25, 0.3) is 0 Å². The zero-order chi connectivity index (χ0) is 14.3. The summed E-state index contributed by atoms with van der Waals surface area (Å²) >= 11 is 5.76. The van der Waals surface area contributed by atoms with E-state index >= 15 is 0 Å². The standard InChI is InChI=1S/C12H15ClF2N2O2.ClH/c1-16-6-2-3-11(18)17-8-4-5-10(9(13)7-8)19-12(14)15;/h4-5,7,12,16H,2-3,6H2,1H3,(H,17,18);1H. The van der Waals surface area contributed by atoms with Crippen LogP contribution in [0.2, 0.25) is 5.02 Å². The first-order chi connectivity index (χ1) is 9.02. The molecule has 0 spiro atoms. The van der Waals surface area contributed by atoms with Crippen molar-refractivity contribution in [2.24, 2.45) is 0 Å². The van der Waals surface area contributed by atoms with Gasteiger partial charge in [-0.25, -0.2) is 0 Å². The van der Waals surface area contributed by atoms with Crippen LogP contribution in [0, 0.1) is 0 Å². The average molecular weight is 329 g/mol. The van der Waals surface area contributed by atoms with Gasteiger partial charge in [0, 0.05) is 12.1 Å². The van der Waals surface area contributed by atoms with Crippen molar-refractivity contribution in [1.29, 1.82) is 0 Å². The molecule has 0 radical (unpaired) electrons. The van der Waals surface area contributed by atoms with Gasteiger partial charge in [0.2, 0.25) is 5.91 Å². The first-order valence-corrected chi connectivity index (χ1v) is 6.09. The molecule has 1 aromatic rings. The van der Waals surface area contributed by atoms with E-state index in [0.29, 0.717) is 18.5 Å². The number of benzene rings is 1. The Morgan fingerprint density at radius 2 is 2.15 bits per heavy atom. The summed E-state index contributed by atoms with van der Waals surface area (Å²) in [6, 6.07) is 4.12. The second-order valence-corrected chi connectivity index (χ2v) is 4.19. The number of nitrogens with one attached hydrogen (secondary N) is 2. The number of carbonyl (C=O) groups excluding carboxylic acids is 1. The summed E-state index contributed by atoms with van der Waals surface area (Å²) in [7, 11) is 1.80. The topological polar surface area (TPSA) is 50.4 Å². The normalized spacial score (nSPS) is 10.1. The molecule has 0 saturated heterocycles. The smallest absolute Gasteiger partial charge is 0.387 e. The molecule has 1 amide bonds. The molecule has 0 heterocycles. The summed E-state index contributed by atoms with van der Waals surface area (Å²) in [6.07, 6.45) is 1.08. The Hall–Kier alpha value is -1.11. The van der Waals surface area contributed by atoms with E-state index in [1.807, 2.05) is 0 Å². The summed E-state index contributed by atoms with van der Waals surface area (Å²) in [5, 5.41) is 5.58. The predicted octanol–water partition coefficient (Wildman–Crippen LogP) is 3.30. The minimum atomic E-state index is -2.93. The number of hydrogen-bond acceptors (Lipinski definition) is 3. The lowest BCUT2D eigenvalue weighted by Crippen LogP contribution is -2.15. The average Bonchev–Trinajstić information content (AvgIpc) is 2.32. The highest BCUT2D eigenvalue weighted by Gasteiger charge is 2.10. The van der Waals surface area contributed by atoms with Crippen LogP contribution in [0.15, 0.2) is 18.2 Å². The van der Waals surface area contributed by atoms with Crippen LogP contribution in [0.1, 0.15) is 12.8 Å². The van der Waals surface area contributed by atoms with Gasteiger partial charge >= 0.3 is 6.61 Å². The van der Waals surface area contributed by atoms with Crippen molar-refractivity contribution >= 4 is 35.6 Å². The molecule has 8 heteroatoms. The van der Waals surface area contributed by atoms with Crippen molar-refractivity contribution in [3.8, 4) is 5.75 Å². The van der Waals surface area contributed by atoms with E-state index in [-0.39, 0.29) is 29.1 Å². The van der Waals surface area contributed by atoms with Crippen LogP contribution in [0.5, 0.6) is 5.75 Å². The second kappa shape index (κ2) is 9.74. The van der Waals surface area contributed by atoms with Crippen LogP contribution in [0.4, 0.5) is 14.5 Å². The molecule has 20 heavy (non-hydrogen) atoms. The Labute approximate surface area is 127 Å². The molecular formula is C12H16Cl2F2N2O2. The highest BCUT2D eigenvalue weighted by Crippen LogP contribution is 2.28. The Morgan fingerprint density at radius 3 is 2.70 bits per heavy atom. The molecule has 0 unspecified atom stereocenters. The first kappa shape index (κ1) is 18.9. The largest absolute Gasteiger partial charge is 0.433 e. The van der Waals surface area contributed by atoms with Gasteiger partial charge in [0.15, 0.2) is 0 Å². The molecule has 0 aliphatic heterocycles. The Bertz CT molecular complexity index is 434. The first-order valence-electron chi connectivity index (χ1n) is 5.71. The Kier molecular flexibility index (Phi) is 9.20. The van der Waals surface area contributed by atoms with Crippen LogP contribution in [0.3, 0.4) is 0 Å². The number of amides is 1. The fraction of sp³-hybridized carbons (Fsp3) is 0.417. The molecule has 1 rings (SSSR count). The van der Waals surface area contributed by atoms with Crippen LogP contribution in [0.25, 0.3) is 0 Å². The monoisotopic (exact) mass is 328 g/mol. The maximum Gasteiger partial charge on any atom is 0.387 e. The molecule has 0 atom stereocenters. The number of anilines is 1. The van der Waals surface area contributed by atoms with E-state index < -0.39 is 6.61 Å². The summed E-state index contributed by atoms with van der Waals surface area (Å²) < 4.78 is 28.3. The van der Waals surface area contributed by atoms with Gasteiger partial charge in [-0.15, -0.1) is 12.4 Å². The molecule has 0 aromatic heterocycles. The summed E-state index contributed by atoms with van der Waals surface area (Å²) in [4.78, 5) is 11.5. The molecule has 0 aliphatic rings. The third kappa shape index (κ3) is 6.88. The van der Waals surface area contributed by atoms with Gasteiger partial charge in [0.1, 0.15) is 5.75 Å². The van der Waals surface area contributed by atoms with E-state index in [9.17, 15) is 13.6 Å². The van der Waals surface area contributed by atoms with Crippen LogP contribution < -0.4 is 15.4 Å². The molecule has 4 nitrogen and oxygen atoms in total. The van der Waals surface area contributed by atoms with Gasteiger partial charge in [-0.1, -0.05) is 11.6 Å². The number of halogens is 4. The highest BCUT2D eigenvalue weighted by molar-refractivity contribution is 6.32. The minimum absolute atomic E-state index is 0. The Balaban J connectivity index is 0.00000361. The molecule has 114 valence electrons. The van der Waals surface area contributed by atoms with Crippen molar-refractivity contribution in [3.63, 3.8) is 0 Å². The number of hydrogen-bond donors (Lipinski definition) is 2. The maximum absolute atomic E-state index is 12.0. The second-order valence-electron chi connectivity index (χ2n) is 3.78. The van der Waals surface area contributed by atoms with E-state index in [0.717, 1.165) is 6.54 Å². The lowest BCUT2D eigenvalue weighted by molar-refractivity contribution is -0.116. The fourth-order valence-electron chi connectivity index (χ4n) is 1.42. The summed E-state index contributed by atoms with van der Waals surface area (Å²) in [5.41, 5.74) is 0.445. The van der Waals surface area contributed by atoms with Gasteiger partial charge < -0.3 is 15.4 Å². The molecule has 2 N–H and O–H groups in total. The lowest BCUT2D eigenvalue weighted by Gasteiger charge is -2.09. The molecule has 1 aromatic carbocycles. The quantitative estimate of drug-likeness (QED) is 0.755. The van der Waals surface area contributed by atoms with Crippen LogP contribution in [-0.2, 0) is 4.79 Å². The summed E-state index contributed by atoms with van der Waals surface area (Å²) in [5.74, 6) is -0.279. The Morgan fingerprint density at radius 1 is 1.45 bits per heavy atom. The number of ether oxygens (including phenoxy) is 1. The van der Waals surface area contributed by atoms with Gasteiger partial charge in [0.05, 0.1) is 5.02 Å². The molecular weight excluding hydrogens is 313 g/mol. The van der Waals surface area contributed by atoms with Crippen molar-refractivity contribution in [1.82, 2.24) is 5.32 Å². The number of alkyl halides is 2. The van der Waals surface area contributed by atoms with E-state index in [1.54, 1.807) is 7.05 Å². The van der Waals surface area contributed by atoms with Crippen molar-refractivity contribution in [3.05, 3.63) is 23.2 Å². The van der Waals surface area contributed by atoms with E-state index in [1.165, 1.54) is 18.2 Å². The van der Waals surface area contributed by atoms with Gasteiger partial charge in [-0.05, 0) is 38.2 Å². The SMILES string of the molecule is CNCCCC(=O)Nc1ccc(OC(F)F)c(Cl)c1.Cl. The van der Waals surface area contributed by atoms with Crippen LogP contribution >= 0.6 is 24.0 Å². The van der Waals surface area contributed by atoms with Crippen molar-refractivity contribution < 1.29 is 18.3 Å². The number of rotatable bonds is 7. The third-order valence-electron chi connectivity index (χ3n) is 2.26. The molecule has 0 saturated carbocycles. The maximum atomic E-state index is 12.0. The predicted molar refractivity (Wildman–Crippen MR) is 77.1 cm³/mol. The van der Waals surface area contributed by atoms with Crippen molar-refractivity contribution in [2.75, 3.05) is 18.9 Å². The molecule has 0 fully saturated rings. The van der Waals surface area contributed by atoms with Crippen LogP contribution in [-0.4, -0.2) is 26.1 Å². The molecule has 0 bridgehead atoms. The third-order valence-corrected chi connectivity index (χ3v) is 2.56. The fourth-order valence-corrected chi connectivity index (χ4v) is 1.64. The molecule has 0 aliphatic carbocycles. The highest BCUT2D eigenvalue weighted by atomic mass is 35.5. The van der Waals surface area contributed by atoms with Gasteiger partial charge in [-0.3, -0.25) is 4.79 Å². The lowest BCUT2D eigenvalue weighted by atomic mass is 10.2. The van der Waals surface area contributed by atoms with Crippen molar-refractivity contribution in [2.45, 2.75) is 19.5 Å². The van der Waals surface area contributed by atoms with Gasteiger partial charge in [-0.2, -0.15) is 8.78 Å². The van der Waals surface area contributed by atoms with E-state index in [2.05, 4.69) is 15.4 Å². The summed E-state index contributed by atoms with van der Waals surface area (Å²) in [6.45, 7) is -2.19. The van der Waals surface area contributed by atoms with E-state index in [4.69, 9.17) is 11.6 Å². The minimum Gasteiger partial charge on any atom is -0.433 e. The zero-order valence-corrected chi connectivity index (χ0v) is 12.4. The zero-order valence-electron chi connectivity index (χ0n) is 10.8.